The molecule has 0 unspecified atom stereocenters. The van der Waals surface area contributed by atoms with Gasteiger partial charge in [-0.3, -0.25) is 4.79 Å². The van der Waals surface area contributed by atoms with E-state index in [1.54, 1.807) is 11.8 Å². The summed E-state index contributed by atoms with van der Waals surface area (Å²) in [6.07, 6.45) is 0. The average Bonchev–Trinajstić information content (AvgIpc) is 2.67. The van der Waals surface area contributed by atoms with Gasteiger partial charge >= 0.3 is 0 Å². The fourth-order valence-corrected chi connectivity index (χ4v) is 4.08. The van der Waals surface area contributed by atoms with Crippen LogP contribution in [0.15, 0.2) is 72.8 Å². The van der Waals surface area contributed by atoms with E-state index in [0.29, 0.717) is 10.8 Å². The molecule has 4 heteroatoms. The Balaban J connectivity index is 1.73. The third-order valence-electron chi connectivity index (χ3n) is 4.32. The second-order valence-corrected chi connectivity index (χ2v) is 8.05. The fraction of sp³-hybridized carbons (Fsp3) is 0.174. The number of carbonyl (C=O) groups is 1. The maximum Gasteiger partial charge on any atom is 0.234 e. The summed E-state index contributed by atoms with van der Waals surface area (Å²) in [6.45, 7) is 4.03. The number of thioether (sulfide) groups is 1. The highest BCUT2D eigenvalue weighted by molar-refractivity contribution is 8.00. The highest BCUT2D eigenvalue weighted by Crippen LogP contribution is 2.36. The van der Waals surface area contributed by atoms with Crippen molar-refractivity contribution in [3.63, 3.8) is 0 Å². The first kappa shape index (κ1) is 19.5. The lowest BCUT2D eigenvalue weighted by molar-refractivity contribution is -0.113. The second kappa shape index (κ2) is 9.12. The monoisotopic (exact) mass is 395 g/mol. The van der Waals surface area contributed by atoms with Crippen LogP contribution in [-0.2, 0) is 4.79 Å². The average molecular weight is 396 g/mol. The van der Waals surface area contributed by atoms with Crippen LogP contribution in [0.25, 0.3) is 0 Å². The molecule has 0 radical (unpaired) electrons. The van der Waals surface area contributed by atoms with Gasteiger partial charge in [-0.1, -0.05) is 66.2 Å². The minimum absolute atomic E-state index is 0.00333. The Morgan fingerprint density at radius 3 is 2.33 bits per heavy atom. The quantitative estimate of drug-likeness (QED) is 0.521. The van der Waals surface area contributed by atoms with E-state index in [9.17, 15) is 4.79 Å². The topological polar surface area (TPSA) is 29.1 Å². The van der Waals surface area contributed by atoms with Crippen molar-refractivity contribution in [1.29, 1.82) is 0 Å². The molecule has 1 amide bonds. The van der Waals surface area contributed by atoms with E-state index in [4.69, 9.17) is 11.6 Å². The van der Waals surface area contributed by atoms with E-state index in [0.717, 1.165) is 22.4 Å². The predicted molar refractivity (Wildman–Crippen MR) is 117 cm³/mol. The van der Waals surface area contributed by atoms with E-state index in [1.807, 2.05) is 74.5 Å². The highest BCUT2D eigenvalue weighted by Gasteiger charge is 2.17. The maximum atomic E-state index is 12.5. The predicted octanol–water partition coefficient (Wildman–Crippen LogP) is 6.42. The second-order valence-electron chi connectivity index (χ2n) is 6.52. The Labute approximate surface area is 170 Å². The Hall–Kier alpha value is -2.23. The van der Waals surface area contributed by atoms with Crippen LogP contribution in [0.1, 0.15) is 27.5 Å². The molecule has 1 atom stereocenters. The van der Waals surface area contributed by atoms with Gasteiger partial charge in [0, 0.05) is 10.7 Å². The van der Waals surface area contributed by atoms with Gasteiger partial charge in [0.1, 0.15) is 0 Å². The van der Waals surface area contributed by atoms with Gasteiger partial charge in [0.15, 0.2) is 0 Å². The summed E-state index contributed by atoms with van der Waals surface area (Å²) < 4.78 is 0. The summed E-state index contributed by atoms with van der Waals surface area (Å²) in [5.41, 5.74) is 5.38. The lowest BCUT2D eigenvalue weighted by Gasteiger charge is -2.18. The molecule has 27 heavy (non-hydrogen) atoms. The van der Waals surface area contributed by atoms with Crippen molar-refractivity contribution in [2.24, 2.45) is 0 Å². The fourth-order valence-electron chi connectivity index (χ4n) is 2.87. The summed E-state index contributed by atoms with van der Waals surface area (Å²) in [4.78, 5) is 12.5. The van der Waals surface area contributed by atoms with Gasteiger partial charge in [0.25, 0.3) is 0 Å². The Kier molecular flexibility index (Phi) is 6.59. The molecule has 3 aromatic carbocycles. The summed E-state index contributed by atoms with van der Waals surface area (Å²) in [6, 6.07) is 24.1. The summed E-state index contributed by atoms with van der Waals surface area (Å²) in [7, 11) is 0. The molecular weight excluding hydrogens is 374 g/mol. The minimum Gasteiger partial charge on any atom is -0.325 e. The van der Waals surface area contributed by atoms with Crippen molar-refractivity contribution in [3.8, 4) is 0 Å². The van der Waals surface area contributed by atoms with E-state index in [1.165, 1.54) is 5.56 Å². The van der Waals surface area contributed by atoms with Gasteiger partial charge in [-0.2, -0.15) is 0 Å². The molecule has 0 aliphatic heterocycles. The van der Waals surface area contributed by atoms with Crippen LogP contribution in [0.3, 0.4) is 0 Å². The molecule has 3 aromatic rings. The lowest BCUT2D eigenvalue weighted by atomic mass is 10.0. The first-order valence-electron chi connectivity index (χ1n) is 8.82. The minimum atomic E-state index is 0.00333. The first-order chi connectivity index (χ1) is 13.0. The van der Waals surface area contributed by atoms with Crippen molar-refractivity contribution in [3.05, 3.63) is 100 Å². The van der Waals surface area contributed by atoms with Crippen molar-refractivity contribution in [1.82, 2.24) is 0 Å². The van der Waals surface area contributed by atoms with Gasteiger partial charge in [0.2, 0.25) is 5.91 Å². The van der Waals surface area contributed by atoms with Crippen LogP contribution in [0, 0.1) is 13.8 Å². The molecule has 0 fully saturated rings. The van der Waals surface area contributed by atoms with Crippen LogP contribution in [-0.4, -0.2) is 11.7 Å². The zero-order chi connectivity index (χ0) is 19.2. The molecule has 0 saturated heterocycles. The highest BCUT2D eigenvalue weighted by atomic mass is 35.5. The number of carbonyl (C=O) groups excluding carboxylic acids is 1. The van der Waals surface area contributed by atoms with Crippen molar-refractivity contribution in [2.75, 3.05) is 11.1 Å². The summed E-state index contributed by atoms with van der Waals surface area (Å²) in [5.74, 6) is 0.374. The van der Waals surface area contributed by atoms with Gasteiger partial charge < -0.3 is 5.32 Å². The van der Waals surface area contributed by atoms with Gasteiger partial charge in [0.05, 0.1) is 11.0 Å². The Bertz CT molecular complexity index is 909. The molecular formula is C23H22ClNOS. The maximum absolute atomic E-state index is 12.5. The number of nitrogens with one attached hydrogen (secondary N) is 1. The van der Waals surface area contributed by atoms with Crippen LogP contribution in [0.4, 0.5) is 5.69 Å². The van der Waals surface area contributed by atoms with Crippen molar-refractivity contribution >= 4 is 35.0 Å². The molecule has 2 nitrogen and oxygen atoms in total. The van der Waals surface area contributed by atoms with Gasteiger partial charge in [-0.05, 0) is 54.3 Å². The molecule has 0 heterocycles. The standard InChI is InChI=1S/C23H22ClNOS/c1-16-8-9-17(2)21(14-16)25-22(26)15-27-23(18-6-4-3-5-7-18)19-10-12-20(24)13-11-19/h3-14,23H,15H2,1-2H3,(H,25,26)/t23-/m1/s1. The largest absolute Gasteiger partial charge is 0.325 e. The van der Waals surface area contributed by atoms with Crippen LogP contribution in [0.2, 0.25) is 5.02 Å². The molecule has 3 rings (SSSR count). The third-order valence-corrected chi connectivity index (χ3v) is 5.88. The van der Waals surface area contributed by atoms with E-state index in [-0.39, 0.29) is 11.2 Å². The van der Waals surface area contributed by atoms with Crippen LogP contribution < -0.4 is 5.32 Å². The molecule has 0 aliphatic rings. The smallest absolute Gasteiger partial charge is 0.234 e. The SMILES string of the molecule is Cc1ccc(C)c(NC(=O)CS[C@H](c2ccccc2)c2ccc(Cl)cc2)c1. The van der Waals surface area contributed by atoms with E-state index < -0.39 is 0 Å². The number of hydrogen-bond acceptors (Lipinski definition) is 2. The number of amides is 1. The van der Waals surface area contributed by atoms with Gasteiger partial charge in [-0.15, -0.1) is 11.8 Å². The zero-order valence-electron chi connectivity index (χ0n) is 15.4. The Morgan fingerprint density at radius 2 is 1.63 bits per heavy atom. The molecule has 0 aliphatic carbocycles. The Morgan fingerprint density at radius 1 is 0.963 bits per heavy atom. The molecule has 0 saturated carbocycles. The summed E-state index contributed by atoms with van der Waals surface area (Å²) >= 11 is 7.65. The summed E-state index contributed by atoms with van der Waals surface area (Å²) in [5, 5.41) is 3.83. The number of rotatable bonds is 6. The number of benzene rings is 3. The first-order valence-corrected chi connectivity index (χ1v) is 10.2. The molecule has 1 N–H and O–H groups in total. The molecule has 0 bridgehead atoms. The zero-order valence-corrected chi connectivity index (χ0v) is 17.0. The van der Waals surface area contributed by atoms with Crippen molar-refractivity contribution < 1.29 is 4.79 Å². The van der Waals surface area contributed by atoms with Gasteiger partial charge in [-0.25, -0.2) is 0 Å². The van der Waals surface area contributed by atoms with Crippen LogP contribution >= 0.6 is 23.4 Å². The molecule has 0 aromatic heterocycles. The third kappa shape index (κ3) is 5.38. The van der Waals surface area contributed by atoms with E-state index >= 15 is 0 Å². The normalized spacial score (nSPS) is 11.8. The number of aryl methyl sites for hydroxylation is 2. The number of anilines is 1. The number of halogens is 1. The lowest BCUT2D eigenvalue weighted by Crippen LogP contribution is -2.16. The van der Waals surface area contributed by atoms with E-state index in [2.05, 4.69) is 17.4 Å². The molecule has 138 valence electrons. The van der Waals surface area contributed by atoms with Crippen LogP contribution in [0.5, 0.6) is 0 Å². The van der Waals surface area contributed by atoms with Crippen molar-refractivity contribution in [2.45, 2.75) is 19.1 Å². The molecule has 0 spiro atoms. The number of hydrogen-bond donors (Lipinski definition) is 1.